The van der Waals surface area contributed by atoms with Crippen molar-refractivity contribution in [3.8, 4) is 5.69 Å². The zero-order valence-electron chi connectivity index (χ0n) is 14.0. The molecule has 3 fully saturated rings. The van der Waals surface area contributed by atoms with Gasteiger partial charge in [0.05, 0.1) is 5.69 Å². The van der Waals surface area contributed by atoms with Gasteiger partial charge in [-0.2, -0.15) is 5.10 Å². The highest BCUT2D eigenvalue weighted by atomic mass is 35.5. The topological polar surface area (TPSA) is 30.7 Å². The minimum Gasteiger partial charge on any atom is -0.217 e. The van der Waals surface area contributed by atoms with Crippen LogP contribution in [-0.2, 0) is 6.42 Å². The lowest BCUT2D eigenvalue weighted by Gasteiger charge is -2.27. The first-order chi connectivity index (χ1) is 11.7. The predicted molar refractivity (Wildman–Crippen MR) is 95.7 cm³/mol. The van der Waals surface area contributed by atoms with Crippen molar-refractivity contribution >= 4 is 11.6 Å². The van der Waals surface area contributed by atoms with Crippen LogP contribution in [0.3, 0.4) is 0 Å². The maximum atomic E-state index is 6.06. The van der Waals surface area contributed by atoms with Crippen LogP contribution in [0.25, 0.3) is 5.69 Å². The van der Waals surface area contributed by atoms with E-state index in [0.29, 0.717) is 5.92 Å². The lowest BCUT2D eigenvalue weighted by atomic mass is 9.79. The number of aromatic nitrogens is 3. The van der Waals surface area contributed by atoms with E-state index < -0.39 is 0 Å². The lowest BCUT2D eigenvalue weighted by Crippen LogP contribution is -2.17. The maximum absolute atomic E-state index is 6.06. The van der Waals surface area contributed by atoms with E-state index in [9.17, 15) is 0 Å². The van der Waals surface area contributed by atoms with Gasteiger partial charge in [-0.1, -0.05) is 11.6 Å². The molecule has 4 heteroatoms. The summed E-state index contributed by atoms with van der Waals surface area (Å²) in [4.78, 5) is 5.00. The standard InChI is InChI=1S/C20H24ClN3/c21-16-3-5-17(6-4-16)24-19(22-18(23-24)13-14-1-2-14)15-7-9-20(10-8-15)11-12-20/h3-6,14-15H,1-2,7-13H2. The van der Waals surface area contributed by atoms with E-state index in [0.717, 1.165) is 34.3 Å². The number of nitrogens with zero attached hydrogens (tertiary/aromatic N) is 3. The minimum absolute atomic E-state index is 0.562. The van der Waals surface area contributed by atoms with Crippen LogP contribution in [0.5, 0.6) is 0 Å². The van der Waals surface area contributed by atoms with E-state index in [2.05, 4.69) is 16.8 Å². The van der Waals surface area contributed by atoms with Gasteiger partial charge in [-0.05, 0) is 87.0 Å². The highest BCUT2D eigenvalue weighted by Crippen LogP contribution is 2.58. The molecule has 126 valence electrons. The summed E-state index contributed by atoms with van der Waals surface area (Å²) in [6, 6.07) is 8.02. The molecule has 3 saturated carbocycles. The molecule has 0 atom stereocenters. The van der Waals surface area contributed by atoms with E-state index >= 15 is 0 Å². The second-order valence-electron chi connectivity index (χ2n) is 8.20. The summed E-state index contributed by atoms with van der Waals surface area (Å²) in [5, 5.41) is 5.65. The van der Waals surface area contributed by atoms with Gasteiger partial charge in [0.1, 0.15) is 5.82 Å². The molecule has 0 amide bonds. The summed E-state index contributed by atoms with van der Waals surface area (Å²) in [6.45, 7) is 0. The molecule has 2 aromatic rings. The Labute approximate surface area is 148 Å². The van der Waals surface area contributed by atoms with Crippen LogP contribution >= 0.6 is 11.6 Å². The number of benzene rings is 1. The lowest BCUT2D eigenvalue weighted by molar-refractivity contribution is 0.297. The third-order valence-corrected chi connectivity index (χ3v) is 6.54. The smallest absolute Gasteiger partial charge is 0.151 e. The molecule has 5 rings (SSSR count). The number of hydrogen-bond donors (Lipinski definition) is 0. The third kappa shape index (κ3) is 2.88. The fourth-order valence-corrected chi connectivity index (χ4v) is 4.36. The van der Waals surface area contributed by atoms with Crippen LogP contribution in [-0.4, -0.2) is 14.8 Å². The van der Waals surface area contributed by atoms with Crippen molar-refractivity contribution in [1.82, 2.24) is 14.8 Å². The first kappa shape index (κ1) is 14.9. The molecule has 24 heavy (non-hydrogen) atoms. The summed E-state index contributed by atoms with van der Waals surface area (Å²) < 4.78 is 2.10. The largest absolute Gasteiger partial charge is 0.217 e. The van der Waals surface area contributed by atoms with Crippen LogP contribution in [0.15, 0.2) is 24.3 Å². The highest BCUT2D eigenvalue weighted by molar-refractivity contribution is 6.30. The van der Waals surface area contributed by atoms with Gasteiger partial charge in [-0.25, -0.2) is 9.67 Å². The van der Waals surface area contributed by atoms with Crippen molar-refractivity contribution in [2.75, 3.05) is 0 Å². The zero-order valence-corrected chi connectivity index (χ0v) is 14.8. The Hall–Kier alpha value is -1.35. The van der Waals surface area contributed by atoms with Gasteiger partial charge in [-0.15, -0.1) is 0 Å². The van der Waals surface area contributed by atoms with Crippen molar-refractivity contribution in [2.24, 2.45) is 11.3 Å². The Bertz CT molecular complexity index is 731. The second kappa shape index (κ2) is 5.59. The molecule has 1 aromatic carbocycles. The molecule has 0 N–H and O–H groups in total. The first-order valence-electron chi connectivity index (χ1n) is 9.43. The van der Waals surface area contributed by atoms with Crippen LogP contribution in [0.4, 0.5) is 0 Å². The Balaban J connectivity index is 1.46. The van der Waals surface area contributed by atoms with Crippen LogP contribution in [0, 0.1) is 11.3 Å². The number of hydrogen-bond acceptors (Lipinski definition) is 2. The quantitative estimate of drug-likeness (QED) is 0.754. The molecular formula is C20H24ClN3. The number of rotatable bonds is 4. The molecule has 0 radical (unpaired) electrons. The minimum atomic E-state index is 0.562. The Morgan fingerprint density at radius 2 is 1.71 bits per heavy atom. The van der Waals surface area contributed by atoms with Gasteiger partial charge in [-0.3, -0.25) is 0 Å². The van der Waals surface area contributed by atoms with E-state index in [1.807, 2.05) is 12.1 Å². The molecule has 3 aliphatic carbocycles. The molecular weight excluding hydrogens is 318 g/mol. The summed E-state index contributed by atoms with van der Waals surface area (Å²) in [5.74, 6) is 3.60. The van der Waals surface area contributed by atoms with E-state index in [1.54, 1.807) is 0 Å². The van der Waals surface area contributed by atoms with Crippen molar-refractivity contribution in [1.29, 1.82) is 0 Å². The predicted octanol–water partition coefficient (Wildman–Crippen LogP) is 5.31. The normalized spacial score (nSPS) is 22.9. The van der Waals surface area contributed by atoms with Crippen molar-refractivity contribution in [3.05, 3.63) is 40.9 Å². The maximum Gasteiger partial charge on any atom is 0.151 e. The SMILES string of the molecule is Clc1ccc(-n2nc(CC3CC3)nc2C2CCC3(CC2)CC3)cc1. The average Bonchev–Trinajstić information content (AvgIpc) is 3.50. The molecule has 1 aromatic heterocycles. The molecule has 1 heterocycles. The van der Waals surface area contributed by atoms with Crippen LogP contribution in [0.1, 0.15) is 68.9 Å². The van der Waals surface area contributed by atoms with Gasteiger partial charge >= 0.3 is 0 Å². The van der Waals surface area contributed by atoms with E-state index in [-0.39, 0.29) is 0 Å². The molecule has 1 spiro atoms. The van der Waals surface area contributed by atoms with Crippen molar-refractivity contribution in [2.45, 2.75) is 63.7 Å². The zero-order chi connectivity index (χ0) is 16.1. The fraction of sp³-hybridized carbons (Fsp3) is 0.600. The summed E-state index contributed by atoms with van der Waals surface area (Å²) in [6.07, 6.45) is 11.9. The molecule has 3 nitrogen and oxygen atoms in total. The van der Waals surface area contributed by atoms with Crippen molar-refractivity contribution < 1.29 is 0 Å². The van der Waals surface area contributed by atoms with Gasteiger partial charge in [0.25, 0.3) is 0 Å². The number of halogens is 1. The van der Waals surface area contributed by atoms with Crippen LogP contribution in [0.2, 0.25) is 5.02 Å². The molecule has 0 aliphatic heterocycles. The molecule has 3 aliphatic rings. The summed E-state index contributed by atoms with van der Waals surface area (Å²) in [5.41, 5.74) is 1.81. The van der Waals surface area contributed by atoms with Crippen LogP contribution < -0.4 is 0 Å². The Morgan fingerprint density at radius 1 is 1.00 bits per heavy atom. The van der Waals surface area contributed by atoms with E-state index in [1.165, 1.54) is 57.2 Å². The Kier molecular flexibility index (Phi) is 3.48. The fourth-order valence-electron chi connectivity index (χ4n) is 4.24. The Morgan fingerprint density at radius 3 is 2.33 bits per heavy atom. The third-order valence-electron chi connectivity index (χ3n) is 6.28. The molecule has 0 bridgehead atoms. The van der Waals surface area contributed by atoms with Crippen molar-refractivity contribution in [3.63, 3.8) is 0 Å². The summed E-state index contributed by atoms with van der Waals surface area (Å²) in [7, 11) is 0. The van der Waals surface area contributed by atoms with E-state index in [4.69, 9.17) is 21.7 Å². The summed E-state index contributed by atoms with van der Waals surface area (Å²) >= 11 is 6.06. The highest BCUT2D eigenvalue weighted by Gasteiger charge is 2.45. The monoisotopic (exact) mass is 341 g/mol. The molecule has 0 saturated heterocycles. The molecule has 0 unspecified atom stereocenters. The second-order valence-corrected chi connectivity index (χ2v) is 8.63. The van der Waals surface area contributed by atoms with Gasteiger partial charge in [0.15, 0.2) is 5.82 Å². The first-order valence-corrected chi connectivity index (χ1v) is 9.80. The van der Waals surface area contributed by atoms with Gasteiger partial charge in [0, 0.05) is 17.4 Å². The average molecular weight is 342 g/mol. The van der Waals surface area contributed by atoms with Gasteiger partial charge < -0.3 is 0 Å². The van der Waals surface area contributed by atoms with Gasteiger partial charge in [0.2, 0.25) is 0 Å².